The molecule has 34 heavy (non-hydrogen) atoms. The monoisotopic (exact) mass is 451 g/mol. The zero-order chi connectivity index (χ0) is 23.2. The van der Waals surface area contributed by atoms with E-state index in [-0.39, 0.29) is 17.1 Å². The van der Waals surface area contributed by atoms with Gasteiger partial charge >= 0.3 is 0 Å². The van der Waals surface area contributed by atoms with E-state index in [9.17, 15) is 15.0 Å². The third kappa shape index (κ3) is 3.52. The van der Waals surface area contributed by atoms with E-state index in [1.54, 1.807) is 22.8 Å². The number of fused-ring (bicyclic) bond motifs is 5. The number of phenols is 2. The summed E-state index contributed by atoms with van der Waals surface area (Å²) in [6.45, 7) is 0. The van der Waals surface area contributed by atoms with Gasteiger partial charge in [-0.1, -0.05) is 36.4 Å². The van der Waals surface area contributed by atoms with Crippen molar-refractivity contribution in [2.75, 3.05) is 0 Å². The van der Waals surface area contributed by atoms with Crippen LogP contribution in [-0.2, 0) is 25.7 Å². The molecule has 6 nitrogen and oxygen atoms in total. The molecule has 2 aromatic carbocycles. The number of aryl methyl sites for hydroxylation is 1. The zero-order valence-corrected chi connectivity index (χ0v) is 18.7. The Morgan fingerprint density at radius 3 is 2.65 bits per heavy atom. The van der Waals surface area contributed by atoms with Gasteiger partial charge in [0.05, 0.1) is 17.1 Å². The summed E-state index contributed by atoms with van der Waals surface area (Å²) >= 11 is 0. The van der Waals surface area contributed by atoms with Gasteiger partial charge < -0.3 is 15.2 Å². The number of aromatic hydroxyl groups is 2. The molecule has 0 spiro atoms. The maximum absolute atomic E-state index is 13.7. The Hall–Kier alpha value is -4.06. The molecule has 3 N–H and O–H groups in total. The maximum Gasteiger partial charge on any atom is 0.278 e. The molecule has 0 saturated carbocycles. The van der Waals surface area contributed by atoms with Crippen LogP contribution in [0.15, 0.2) is 71.6 Å². The number of aromatic nitrogens is 3. The molecular formula is C28H25N3O3. The summed E-state index contributed by atoms with van der Waals surface area (Å²) in [5.74, 6) is 1.48. The van der Waals surface area contributed by atoms with Gasteiger partial charge in [-0.15, -0.1) is 0 Å². The Balaban J connectivity index is 1.52. The van der Waals surface area contributed by atoms with Crippen LogP contribution >= 0.6 is 0 Å². The molecule has 0 bridgehead atoms. The van der Waals surface area contributed by atoms with Crippen LogP contribution in [0.1, 0.15) is 34.6 Å². The SMILES string of the molecule is O=c1c(Cc2ccc(O)cc2)nc2c(CC3C=CC=CC3)[nH]c3c(n1-2)CCc1cc(O)ccc1-3. The van der Waals surface area contributed by atoms with Crippen molar-refractivity contribution in [2.24, 2.45) is 5.92 Å². The summed E-state index contributed by atoms with van der Waals surface area (Å²) < 4.78 is 1.80. The fourth-order valence-electron chi connectivity index (χ4n) is 5.15. The van der Waals surface area contributed by atoms with Gasteiger partial charge in [0.15, 0.2) is 5.82 Å². The van der Waals surface area contributed by atoms with Crippen molar-refractivity contribution in [2.45, 2.75) is 32.1 Å². The molecule has 2 aromatic rings. The molecule has 0 aromatic heterocycles. The fourth-order valence-corrected chi connectivity index (χ4v) is 5.15. The second-order valence-corrected chi connectivity index (χ2v) is 9.15. The molecule has 6 heteroatoms. The molecule has 6 rings (SSSR count). The summed E-state index contributed by atoms with van der Waals surface area (Å²) in [5, 5.41) is 19.6. The van der Waals surface area contributed by atoms with E-state index < -0.39 is 0 Å². The van der Waals surface area contributed by atoms with Crippen LogP contribution in [0.25, 0.3) is 17.1 Å². The van der Waals surface area contributed by atoms with E-state index in [1.165, 1.54) is 0 Å². The van der Waals surface area contributed by atoms with Gasteiger partial charge in [0, 0.05) is 12.0 Å². The minimum atomic E-state index is -0.0871. The number of imidazole rings is 1. The highest BCUT2D eigenvalue weighted by atomic mass is 16.3. The Labute approximate surface area is 196 Å². The van der Waals surface area contributed by atoms with Gasteiger partial charge in [0.1, 0.15) is 17.2 Å². The van der Waals surface area contributed by atoms with E-state index in [4.69, 9.17) is 4.98 Å². The fraction of sp³-hybridized carbons (Fsp3) is 0.214. The number of H-pyrrole nitrogens is 1. The first kappa shape index (κ1) is 20.5. The van der Waals surface area contributed by atoms with Gasteiger partial charge in [0.25, 0.3) is 5.56 Å². The van der Waals surface area contributed by atoms with Crippen molar-refractivity contribution in [3.8, 4) is 28.6 Å². The van der Waals surface area contributed by atoms with Crippen LogP contribution in [-0.4, -0.2) is 24.7 Å². The number of hydrogen-bond donors (Lipinski definition) is 3. The lowest BCUT2D eigenvalue weighted by molar-refractivity contribution is 0.474. The normalized spacial score (nSPS) is 16.5. The molecule has 4 aliphatic rings. The van der Waals surface area contributed by atoms with Gasteiger partial charge in [-0.2, -0.15) is 0 Å². The Kier molecular flexibility index (Phi) is 4.87. The molecule has 170 valence electrons. The number of hydrogen-bond acceptors (Lipinski definition) is 4. The van der Waals surface area contributed by atoms with E-state index in [0.717, 1.165) is 53.0 Å². The largest absolute Gasteiger partial charge is 0.508 e. The first-order chi connectivity index (χ1) is 16.6. The van der Waals surface area contributed by atoms with Crippen LogP contribution < -0.4 is 5.56 Å². The predicted octanol–water partition coefficient (Wildman–Crippen LogP) is 4.44. The average molecular weight is 452 g/mol. The van der Waals surface area contributed by atoms with Crippen molar-refractivity contribution < 1.29 is 10.2 Å². The number of benzene rings is 2. The lowest BCUT2D eigenvalue weighted by atomic mass is 9.90. The highest BCUT2D eigenvalue weighted by Crippen LogP contribution is 2.36. The highest BCUT2D eigenvalue weighted by Gasteiger charge is 2.29. The molecule has 2 heterocycles. The van der Waals surface area contributed by atoms with Crippen molar-refractivity contribution in [3.05, 3.63) is 105 Å². The predicted molar refractivity (Wildman–Crippen MR) is 131 cm³/mol. The summed E-state index contributed by atoms with van der Waals surface area (Å²) in [4.78, 5) is 22.2. The Morgan fingerprint density at radius 1 is 1.03 bits per heavy atom. The topological polar surface area (TPSA) is 91.1 Å². The maximum atomic E-state index is 13.7. The Bertz CT molecular complexity index is 1470. The number of rotatable bonds is 4. The van der Waals surface area contributed by atoms with Crippen molar-refractivity contribution >= 4 is 0 Å². The average Bonchev–Trinajstić information content (AvgIpc) is 3.17. The van der Waals surface area contributed by atoms with E-state index in [1.807, 2.05) is 24.3 Å². The highest BCUT2D eigenvalue weighted by molar-refractivity contribution is 5.71. The van der Waals surface area contributed by atoms with Gasteiger partial charge in [-0.3, -0.25) is 9.36 Å². The minimum absolute atomic E-state index is 0.0871. The van der Waals surface area contributed by atoms with Crippen LogP contribution in [0.3, 0.4) is 0 Å². The van der Waals surface area contributed by atoms with Crippen molar-refractivity contribution in [3.63, 3.8) is 0 Å². The third-order valence-electron chi connectivity index (χ3n) is 6.84. The summed E-state index contributed by atoms with van der Waals surface area (Å²) in [5.41, 5.74) is 6.26. The van der Waals surface area contributed by atoms with Crippen LogP contribution in [0.4, 0.5) is 0 Å². The molecule has 2 aliphatic heterocycles. The molecule has 0 fully saturated rings. The lowest BCUT2D eigenvalue weighted by Gasteiger charge is -2.25. The van der Waals surface area contributed by atoms with Gasteiger partial charge in [-0.05, 0) is 73.1 Å². The number of nitrogens with zero attached hydrogens (tertiary/aromatic N) is 2. The molecule has 1 unspecified atom stereocenters. The van der Waals surface area contributed by atoms with Gasteiger partial charge in [-0.25, -0.2) is 4.98 Å². The standard InChI is InChI=1S/C28H25N3O3/c32-20-9-6-18(7-10-20)15-24-28(34)31-25-13-8-19-16-21(33)11-12-22(19)26(25)29-23(27(31)30-24)14-17-4-2-1-3-5-17/h1-4,6-7,9-12,16-17,29,32-33H,5,8,13-15H2. The number of aromatic amines is 1. The van der Waals surface area contributed by atoms with Crippen LogP contribution in [0, 0.1) is 5.92 Å². The third-order valence-corrected chi connectivity index (χ3v) is 6.84. The number of phenolic OH excluding ortho intramolecular Hbond substituents is 2. The van der Waals surface area contributed by atoms with Crippen molar-refractivity contribution in [1.29, 1.82) is 0 Å². The molecular weight excluding hydrogens is 426 g/mol. The van der Waals surface area contributed by atoms with Gasteiger partial charge in [0.2, 0.25) is 0 Å². The number of allylic oxidation sites excluding steroid dienone is 4. The molecule has 2 aliphatic carbocycles. The Morgan fingerprint density at radius 2 is 1.85 bits per heavy atom. The first-order valence-corrected chi connectivity index (χ1v) is 11.7. The van der Waals surface area contributed by atoms with E-state index >= 15 is 0 Å². The lowest BCUT2D eigenvalue weighted by Crippen LogP contribution is -2.25. The van der Waals surface area contributed by atoms with Crippen LogP contribution in [0.5, 0.6) is 11.5 Å². The smallest absolute Gasteiger partial charge is 0.278 e. The first-order valence-electron chi connectivity index (χ1n) is 11.7. The molecule has 0 saturated heterocycles. The molecule has 1 atom stereocenters. The molecule has 0 amide bonds. The number of nitrogens with one attached hydrogen (secondary N) is 1. The molecule has 0 radical (unpaired) electrons. The van der Waals surface area contributed by atoms with E-state index in [0.29, 0.717) is 30.3 Å². The summed E-state index contributed by atoms with van der Waals surface area (Å²) in [6, 6.07) is 12.3. The quantitative estimate of drug-likeness (QED) is 0.428. The zero-order valence-electron chi connectivity index (χ0n) is 18.7. The summed E-state index contributed by atoms with van der Waals surface area (Å²) in [7, 11) is 0. The van der Waals surface area contributed by atoms with Crippen LogP contribution in [0.2, 0.25) is 0 Å². The minimum Gasteiger partial charge on any atom is -0.508 e. The second kappa shape index (κ2) is 8.06. The second-order valence-electron chi connectivity index (χ2n) is 9.15. The van der Waals surface area contributed by atoms with Crippen molar-refractivity contribution in [1.82, 2.24) is 14.5 Å². The van der Waals surface area contributed by atoms with E-state index in [2.05, 4.69) is 29.3 Å². The summed E-state index contributed by atoms with van der Waals surface area (Å²) in [6.07, 6.45) is 12.0.